The van der Waals surface area contributed by atoms with Gasteiger partial charge < -0.3 is 9.11 Å². The zero-order chi connectivity index (χ0) is 52.5. The van der Waals surface area contributed by atoms with E-state index < -0.39 is 24.9 Å². The Morgan fingerprint density at radius 3 is 0.877 bits per heavy atom. The monoisotopic (exact) mass is 1030 g/mol. The van der Waals surface area contributed by atoms with Crippen LogP contribution in [0.3, 0.4) is 0 Å². The molecule has 0 saturated carbocycles. The molecule has 6 aromatic carbocycles. The Balaban J connectivity index is 0.000000218. The van der Waals surface area contributed by atoms with Gasteiger partial charge in [-0.3, -0.25) is 8.42 Å². The zero-order valence-electron chi connectivity index (χ0n) is 44.4. The van der Waals surface area contributed by atoms with E-state index in [0.717, 1.165) is 12.3 Å². The van der Waals surface area contributed by atoms with E-state index in [0.29, 0.717) is 0 Å². The standard InChI is InChI=1S/2C33H38P.H2O4S/c2*1-27(22-23-32-28(2)15-14-25-33(32,3)4)24-26-34(29-16-8-5-9-17-29,30-18-10-6-11-19-30)31-20-12-7-13-21-31;1-5(2,3)4/h2*5-13,16-24H,14-15,25-26H2,1-4H3;(H2,1,2,3,4)/q2*+1;/p-2. The summed E-state index contributed by atoms with van der Waals surface area (Å²) in [5.41, 5.74) is 9.40. The summed E-state index contributed by atoms with van der Waals surface area (Å²) in [6, 6.07) is 66.9. The molecule has 4 nitrogen and oxygen atoms in total. The molecule has 0 unspecified atom stereocenters. The number of hydrogen-bond acceptors (Lipinski definition) is 4. The molecule has 0 heterocycles. The summed E-state index contributed by atoms with van der Waals surface area (Å²) in [4.78, 5) is 0. The van der Waals surface area contributed by atoms with E-state index in [1.165, 1.54) is 92.6 Å². The van der Waals surface area contributed by atoms with E-state index in [2.05, 4.69) is 274 Å². The summed E-state index contributed by atoms with van der Waals surface area (Å²) < 4.78 is 34.1. The van der Waals surface area contributed by atoms with Gasteiger partial charge in [0, 0.05) is 10.4 Å². The zero-order valence-corrected chi connectivity index (χ0v) is 47.0. The SMILES string of the molecule is CC(C=CC1=C(C)CCCC1(C)C)=CC[P+](c1ccccc1)(c1ccccc1)c1ccccc1.CC(C=CC1=C(C)CCCC1(C)C)=CC[P+](c1ccccc1)(c1ccccc1)c1ccccc1.O=S(=O)([O-])[O-]. The lowest BCUT2D eigenvalue weighted by atomic mass is 9.72. The first-order valence-corrected chi connectivity index (χ1v) is 31.0. The highest BCUT2D eigenvalue weighted by molar-refractivity contribution is 7.96. The Labute approximate surface area is 440 Å². The second kappa shape index (κ2) is 26.1. The molecule has 7 heteroatoms. The Morgan fingerprint density at radius 1 is 0.452 bits per heavy atom. The van der Waals surface area contributed by atoms with Gasteiger partial charge in [-0.15, -0.1) is 0 Å². The number of benzene rings is 6. The topological polar surface area (TPSA) is 80.3 Å². The molecule has 2 aliphatic carbocycles. The molecule has 0 aliphatic heterocycles. The van der Waals surface area contributed by atoms with Crippen molar-refractivity contribution in [3.8, 4) is 0 Å². The summed E-state index contributed by atoms with van der Waals surface area (Å²) in [6.07, 6.45) is 24.1. The van der Waals surface area contributed by atoms with Gasteiger partial charge in [-0.05, 0) is 173 Å². The quantitative estimate of drug-likeness (QED) is 0.0471. The van der Waals surface area contributed by atoms with Crippen LogP contribution in [0.2, 0.25) is 0 Å². The number of hydrogen-bond donors (Lipinski definition) is 0. The lowest BCUT2D eigenvalue weighted by Crippen LogP contribution is -2.33. The summed E-state index contributed by atoms with van der Waals surface area (Å²) in [5, 5.41) is 8.62. The largest absolute Gasteiger partial charge is 0.759 e. The minimum atomic E-state index is -5.17. The first-order chi connectivity index (χ1) is 34.9. The Kier molecular flexibility index (Phi) is 20.3. The Bertz CT molecular complexity index is 2600. The van der Waals surface area contributed by atoms with Gasteiger partial charge in [0.1, 0.15) is 46.4 Å². The van der Waals surface area contributed by atoms with Crippen molar-refractivity contribution in [2.24, 2.45) is 10.8 Å². The van der Waals surface area contributed by atoms with Crippen LogP contribution in [-0.4, -0.2) is 29.8 Å². The molecular formula is C66H76O4P2S. The average Bonchev–Trinajstić information content (AvgIpc) is 3.38. The lowest BCUT2D eigenvalue weighted by molar-refractivity contribution is 0.352. The molecule has 0 bridgehead atoms. The van der Waals surface area contributed by atoms with Gasteiger partial charge in [0.2, 0.25) is 0 Å². The lowest BCUT2D eigenvalue weighted by Gasteiger charge is -2.33. The van der Waals surface area contributed by atoms with Gasteiger partial charge in [-0.25, -0.2) is 0 Å². The van der Waals surface area contributed by atoms with E-state index >= 15 is 0 Å². The Morgan fingerprint density at radius 2 is 0.671 bits per heavy atom. The van der Waals surface area contributed by atoms with Crippen LogP contribution in [-0.2, 0) is 10.4 Å². The minimum Gasteiger partial charge on any atom is -0.759 e. The fraction of sp³-hybridized carbons (Fsp3) is 0.273. The normalized spacial score (nSPS) is 16.4. The van der Waals surface area contributed by atoms with Crippen molar-refractivity contribution in [2.75, 3.05) is 12.3 Å². The third-order valence-electron chi connectivity index (χ3n) is 14.7. The van der Waals surface area contributed by atoms with Gasteiger partial charge >= 0.3 is 0 Å². The van der Waals surface area contributed by atoms with Crippen molar-refractivity contribution in [1.29, 1.82) is 0 Å². The molecule has 0 aromatic heterocycles. The molecular weight excluding hydrogens is 951 g/mol. The molecule has 0 radical (unpaired) electrons. The summed E-state index contributed by atoms with van der Waals surface area (Å²) >= 11 is 0. The molecule has 380 valence electrons. The van der Waals surface area contributed by atoms with Crippen molar-refractivity contribution in [3.63, 3.8) is 0 Å². The van der Waals surface area contributed by atoms with Crippen LogP contribution in [0.5, 0.6) is 0 Å². The summed E-state index contributed by atoms with van der Waals surface area (Å²) in [5.74, 6) is 0. The maximum Gasteiger partial charge on any atom is 0.115 e. The molecule has 73 heavy (non-hydrogen) atoms. The van der Waals surface area contributed by atoms with Crippen molar-refractivity contribution in [2.45, 2.75) is 93.9 Å². The highest BCUT2D eigenvalue weighted by Gasteiger charge is 2.45. The maximum absolute atomic E-state index is 8.52. The second-order valence-corrected chi connectivity index (χ2v) is 28.7. The predicted octanol–water partition coefficient (Wildman–Crippen LogP) is 14.7. The highest BCUT2D eigenvalue weighted by Crippen LogP contribution is 2.57. The first kappa shape index (κ1) is 56.8. The molecule has 0 spiro atoms. The summed E-state index contributed by atoms with van der Waals surface area (Å²) in [7, 11) is -8.81. The van der Waals surface area contributed by atoms with Crippen LogP contribution in [0.25, 0.3) is 0 Å². The third kappa shape index (κ3) is 15.3. The molecule has 2 aliphatic rings. The molecule has 0 fully saturated rings. The number of rotatable bonds is 14. The Hall–Kier alpha value is -5.51. The first-order valence-electron chi connectivity index (χ1n) is 25.7. The second-order valence-electron chi connectivity index (χ2n) is 20.8. The van der Waals surface area contributed by atoms with Crippen molar-refractivity contribution >= 4 is 56.8 Å². The van der Waals surface area contributed by atoms with Gasteiger partial charge in [0.25, 0.3) is 0 Å². The van der Waals surface area contributed by atoms with Crippen molar-refractivity contribution < 1.29 is 17.5 Å². The van der Waals surface area contributed by atoms with Gasteiger partial charge in [0.05, 0.1) is 12.3 Å². The van der Waals surface area contributed by atoms with E-state index in [1.807, 2.05) is 0 Å². The van der Waals surface area contributed by atoms with E-state index in [9.17, 15) is 0 Å². The van der Waals surface area contributed by atoms with Gasteiger partial charge in [-0.1, -0.05) is 183 Å². The average molecular weight is 1030 g/mol. The fourth-order valence-electron chi connectivity index (χ4n) is 10.8. The highest BCUT2D eigenvalue weighted by atomic mass is 32.3. The van der Waals surface area contributed by atoms with E-state index in [4.69, 9.17) is 17.5 Å². The van der Waals surface area contributed by atoms with Crippen LogP contribution >= 0.6 is 14.5 Å². The van der Waals surface area contributed by atoms with Gasteiger partial charge in [0.15, 0.2) is 0 Å². The predicted molar refractivity (Wildman–Crippen MR) is 317 cm³/mol. The van der Waals surface area contributed by atoms with Crippen molar-refractivity contribution in [1.82, 2.24) is 0 Å². The molecule has 0 amide bonds. The van der Waals surface area contributed by atoms with Crippen LogP contribution in [0, 0.1) is 10.8 Å². The molecule has 0 N–H and O–H groups in total. The van der Waals surface area contributed by atoms with Crippen LogP contribution in [0.1, 0.15) is 93.9 Å². The van der Waals surface area contributed by atoms with Crippen LogP contribution < -0.4 is 31.8 Å². The van der Waals surface area contributed by atoms with E-state index in [1.54, 1.807) is 11.1 Å². The minimum absolute atomic E-state index is 0.272. The summed E-state index contributed by atoms with van der Waals surface area (Å²) in [6.45, 7) is 18.7. The maximum atomic E-state index is 8.52. The fourth-order valence-corrected chi connectivity index (χ4v) is 19.0. The van der Waals surface area contributed by atoms with Crippen LogP contribution in [0.15, 0.2) is 252 Å². The third-order valence-corrected chi connectivity index (χ3v) is 23.2. The number of allylic oxidation sites excluding steroid dienone is 12. The van der Waals surface area contributed by atoms with Crippen molar-refractivity contribution in [3.05, 3.63) is 252 Å². The molecule has 0 atom stereocenters. The van der Waals surface area contributed by atoms with E-state index in [-0.39, 0.29) is 10.8 Å². The van der Waals surface area contributed by atoms with Crippen LogP contribution in [0.4, 0.5) is 0 Å². The molecule has 8 rings (SSSR count). The van der Waals surface area contributed by atoms with Gasteiger partial charge in [-0.2, -0.15) is 0 Å². The molecule has 6 aromatic rings. The smallest absolute Gasteiger partial charge is 0.115 e. The molecule has 0 saturated heterocycles.